The number of benzene rings is 2. The zero-order valence-electron chi connectivity index (χ0n) is 12.0. The van der Waals surface area contributed by atoms with Crippen molar-refractivity contribution < 1.29 is 13.9 Å². The first-order valence-electron chi connectivity index (χ1n) is 6.76. The molecule has 0 fully saturated rings. The fourth-order valence-corrected chi connectivity index (χ4v) is 1.85. The Hall–Kier alpha value is -2.93. The minimum atomic E-state index is -0.713. The molecule has 0 aliphatic carbocycles. The minimum Gasteiger partial charge on any atom is -0.423 e. The monoisotopic (exact) mass is 295 g/mol. The van der Waals surface area contributed by atoms with Gasteiger partial charge in [-0.25, -0.2) is 9.18 Å². The maximum atomic E-state index is 13.5. The van der Waals surface area contributed by atoms with Gasteiger partial charge in [-0.3, -0.25) is 0 Å². The van der Waals surface area contributed by atoms with E-state index in [2.05, 4.69) is 0 Å². The van der Waals surface area contributed by atoms with E-state index in [1.165, 1.54) is 12.1 Å². The Morgan fingerprint density at radius 3 is 2.59 bits per heavy atom. The van der Waals surface area contributed by atoms with Gasteiger partial charge in [0.25, 0.3) is 0 Å². The molecule has 0 N–H and O–H groups in total. The van der Waals surface area contributed by atoms with Gasteiger partial charge in [0.1, 0.15) is 17.6 Å². The summed E-state index contributed by atoms with van der Waals surface area (Å²) in [6.07, 6.45) is 4.78. The van der Waals surface area contributed by atoms with E-state index >= 15 is 0 Å². The van der Waals surface area contributed by atoms with Crippen LogP contribution in [0.1, 0.15) is 28.4 Å². The average molecular weight is 295 g/mol. The van der Waals surface area contributed by atoms with Crippen LogP contribution in [0, 0.1) is 17.1 Å². The van der Waals surface area contributed by atoms with Crippen molar-refractivity contribution in [1.29, 1.82) is 5.26 Å². The van der Waals surface area contributed by atoms with Crippen molar-refractivity contribution >= 4 is 5.97 Å². The third-order valence-corrected chi connectivity index (χ3v) is 3.05. The second-order valence-corrected chi connectivity index (χ2v) is 4.61. The summed E-state index contributed by atoms with van der Waals surface area (Å²) in [5.41, 5.74) is 1.38. The summed E-state index contributed by atoms with van der Waals surface area (Å²) in [4.78, 5) is 12.0. The van der Waals surface area contributed by atoms with E-state index in [1.807, 2.05) is 31.2 Å². The minimum absolute atomic E-state index is 0.0690. The molecule has 0 aromatic heterocycles. The molecular formula is C18H14FNO2. The SMILES string of the molecule is C/C=C/Cc1ccc(C(=O)Oc2ccc(C#N)c(F)c2)cc1. The maximum absolute atomic E-state index is 13.5. The number of hydrogen-bond donors (Lipinski definition) is 0. The topological polar surface area (TPSA) is 50.1 Å². The Morgan fingerprint density at radius 2 is 2.00 bits per heavy atom. The van der Waals surface area contributed by atoms with Crippen molar-refractivity contribution in [2.24, 2.45) is 0 Å². The van der Waals surface area contributed by atoms with E-state index in [4.69, 9.17) is 10.00 Å². The molecule has 0 bridgehead atoms. The molecule has 0 saturated heterocycles. The van der Waals surface area contributed by atoms with Crippen molar-refractivity contribution in [3.8, 4) is 11.8 Å². The summed E-state index contributed by atoms with van der Waals surface area (Å²) in [5, 5.41) is 8.65. The first-order chi connectivity index (χ1) is 10.6. The first kappa shape index (κ1) is 15.5. The molecule has 0 heterocycles. The number of allylic oxidation sites excluding steroid dienone is 2. The van der Waals surface area contributed by atoms with Crippen LogP contribution in [0.4, 0.5) is 4.39 Å². The second-order valence-electron chi connectivity index (χ2n) is 4.61. The number of carbonyl (C=O) groups is 1. The van der Waals surface area contributed by atoms with Gasteiger partial charge in [0, 0.05) is 6.07 Å². The number of hydrogen-bond acceptors (Lipinski definition) is 3. The lowest BCUT2D eigenvalue weighted by atomic mass is 10.1. The lowest BCUT2D eigenvalue weighted by Crippen LogP contribution is -2.08. The van der Waals surface area contributed by atoms with Crippen LogP contribution in [0.3, 0.4) is 0 Å². The number of nitriles is 1. The van der Waals surface area contributed by atoms with Crippen molar-refractivity contribution in [2.75, 3.05) is 0 Å². The van der Waals surface area contributed by atoms with E-state index < -0.39 is 11.8 Å². The Balaban J connectivity index is 2.09. The summed E-state index contributed by atoms with van der Waals surface area (Å²) in [6, 6.07) is 12.4. The van der Waals surface area contributed by atoms with Crippen LogP contribution >= 0.6 is 0 Å². The van der Waals surface area contributed by atoms with Gasteiger partial charge < -0.3 is 4.74 Å². The number of esters is 1. The second kappa shape index (κ2) is 7.19. The molecule has 22 heavy (non-hydrogen) atoms. The van der Waals surface area contributed by atoms with E-state index in [0.717, 1.165) is 18.1 Å². The van der Waals surface area contributed by atoms with Crippen molar-refractivity contribution in [2.45, 2.75) is 13.3 Å². The van der Waals surface area contributed by atoms with Crippen molar-refractivity contribution in [3.63, 3.8) is 0 Å². The number of ether oxygens (including phenoxy) is 1. The van der Waals surface area contributed by atoms with E-state index in [-0.39, 0.29) is 11.3 Å². The van der Waals surface area contributed by atoms with Crippen LogP contribution in [0.15, 0.2) is 54.6 Å². The van der Waals surface area contributed by atoms with Crippen LogP contribution < -0.4 is 4.74 Å². The van der Waals surface area contributed by atoms with Gasteiger partial charge in [0.05, 0.1) is 11.1 Å². The molecule has 0 aliphatic heterocycles. The Labute approximate surface area is 128 Å². The molecule has 0 radical (unpaired) electrons. The summed E-state index contributed by atoms with van der Waals surface area (Å²) in [7, 11) is 0. The predicted molar refractivity (Wildman–Crippen MR) is 81.0 cm³/mol. The van der Waals surface area contributed by atoms with E-state index in [1.54, 1.807) is 18.2 Å². The standard InChI is InChI=1S/C18H14FNO2/c1-2-3-4-13-5-7-14(8-6-13)18(21)22-16-10-9-15(12-20)17(19)11-16/h2-3,5-11H,4H2,1H3/b3-2+. The molecule has 0 amide bonds. The Bertz CT molecular complexity index is 743. The molecule has 0 unspecified atom stereocenters. The first-order valence-corrected chi connectivity index (χ1v) is 6.76. The molecule has 0 aliphatic rings. The molecule has 2 aromatic carbocycles. The quantitative estimate of drug-likeness (QED) is 0.486. The largest absolute Gasteiger partial charge is 0.423 e. The van der Waals surface area contributed by atoms with Gasteiger partial charge in [0.15, 0.2) is 0 Å². The molecular weight excluding hydrogens is 281 g/mol. The smallest absolute Gasteiger partial charge is 0.343 e. The molecule has 0 saturated carbocycles. The highest BCUT2D eigenvalue weighted by Gasteiger charge is 2.10. The highest BCUT2D eigenvalue weighted by Crippen LogP contribution is 2.17. The summed E-state index contributed by atoms with van der Waals surface area (Å²) < 4.78 is 18.6. The van der Waals surface area contributed by atoms with Gasteiger partial charge in [0.2, 0.25) is 0 Å². The van der Waals surface area contributed by atoms with Gasteiger partial charge in [-0.2, -0.15) is 5.26 Å². The summed E-state index contributed by atoms with van der Waals surface area (Å²) in [5.74, 6) is -1.21. The van der Waals surface area contributed by atoms with Crippen LogP contribution in [0.25, 0.3) is 0 Å². The molecule has 0 atom stereocenters. The van der Waals surface area contributed by atoms with Gasteiger partial charge in [-0.1, -0.05) is 24.3 Å². The maximum Gasteiger partial charge on any atom is 0.343 e. The lowest BCUT2D eigenvalue weighted by molar-refractivity contribution is 0.0734. The lowest BCUT2D eigenvalue weighted by Gasteiger charge is -2.05. The fourth-order valence-electron chi connectivity index (χ4n) is 1.85. The van der Waals surface area contributed by atoms with Crippen LogP contribution in [0.2, 0.25) is 0 Å². The summed E-state index contributed by atoms with van der Waals surface area (Å²) >= 11 is 0. The molecule has 0 spiro atoms. The van der Waals surface area contributed by atoms with Gasteiger partial charge in [-0.05, 0) is 43.2 Å². The average Bonchev–Trinajstić information content (AvgIpc) is 2.53. The summed E-state index contributed by atoms with van der Waals surface area (Å²) in [6.45, 7) is 1.95. The molecule has 4 heteroatoms. The zero-order chi connectivity index (χ0) is 15.9. The number of rotatable bonds is 4. The fraction of sp³-hybridized carbons (Fsp3) is 0.111. The normalized spacial score (nSPS) is 10.4. The van der Waals surface area contributed by atoms with E-state index in [9.17, 15) is 9.18 Å². The third-order valence-electron chi connectivity index (χ3n) is 3.05. The van der Waals surface area contributed by atoms with Crippen molar-refractivity contribution in [3.05, 3.63) is 77.1 Å². The Kier molecular flexibility index (Phi) is 5.05. The number of nitrogens with zero attached hydrogens (tertiary/aromatic N) is 1. The Morgan fingerprint density at radius 1 is 1.27 bits per heavy atom. The molecule has 2 aromatic rings. The number of halogens is 1. The highest BCUT2D eigenvalue weighted by atomic mass is 19.1. The predicted octanol–water partition coefficient (Wildman–Crippen LogP) is 4.04. The zero-order valence-corrected chi connectivity index (χ0v) is 12.0. The van der Waals surface area contributed by atoms with Gasteiger partial charge >= 0.3 is 5.97 Å². The number of carbonyl (C=O) groups excluding carboxylic acids is 1. The van der Waals surface area contributed by atoms with Gasteiger partial charge in [-0.15, -0.1) is 0 Å². The molecule has 110 valence electrons. The highest BCUT2D eigenvalue weighted by molar-refractivity contribution is 5.91. The van der Waals surface area contributed by atoms with Crippen LogP contribution in [-0.2, 0) is 6.42 Å². The van der Waals surface area contributed by atoms with Crippen LogP contribution in [-0.4, -0.2) is 5.97 Å². The van der Waals surface area contributed by atoms with E-state index in [0.29, 0.717) is 5.56 Å². The molecule has 3 nitrogen and oxygen atoms in total. The van der Waals surface area contributed by atoms with Crippen molar-refractivity contribution in [1.82, 2.24) is 0 Å². The van der Waals surface area contributed by atoms with Crippen LogP contribution in [0.5, 0.6) is 5.75 Å². The molecule has 2 rings (SSSR count). The third kappa shape index (κ3) is 3.80.